The van der Waals surface area contributed by atoms with E-state index < -0.39 is 0 Å². The number of halogens is 1. The lowest BCUT2D eigenvalue weighted by Crippen LogP contribution is -2.38. The molecule has 2 fully saturated rings. The van der Waals surface area contributed by atoms with E-state index in [9.17, 15) is 0 Å². The molecule has 20 heavy (non-hydrogen) atoms. The standard InChI is InChI=1S/C15H18IN3S/c16-10-3-4-14-13(8-10)17-15(20)19(14)12-5-7-18-6-1-2-11(18)9-12/h3-4,8,11-12H,1-2,5-7,9H2,(H,17,20). The van der Waals surface area contributed by atoms with Crippen molar-refractivity contribution in [2.24, 2.45) is 0 Å². The Labute approximate surface area is 137 Å². The van der Waals surface area contributed by atoms with Crippen LogP contribution in [0.1, 0.15) is 31.7 Å². The number of nitrogens with zero attached hydrogens (tertiary/aromatic N) is 2. The minimum absolute atomic E-state index is 0.565. The third-order valence-corrected chi connectivity index (χ3v) is 5.81. The van der Waals surface area contributed by atoms with Crippen LogP contribution < -0.4 is 0 Å². The molecule has 0 bridgehead atoms. The lowest BCUT2D eigenvalue weighted by atomic mass is 9.97. The fourth-order valence-corrected chi connectivity index (χ4v) is 4.75. The van der Waals surface area contributed by atoms with Crippen molar-refractivity contribution in [1.29, 1.82) is 0 Å². The monoisotopic (exact) mass is 399 g/mol. The van der Waals surface area contributed by atoms with Gasteiger partial charge in [-0.1, -0.05) is 0 Å². The molecule has 3 nitrogen and oxygen atoms in total. The molecule has 0 aliphatic carbocycles. The maximum Gasteiger partial charge on any atom is 0.178 e. The number of fused-ring (bicyclic) bond motifs is 2. The van der Waals surface area contributed by atoms with Crippen molar-refractivity contribution < 1.29 is 0 Å². The summed E-state index contributed by atoms with van der Waals surface area (Å²) in [4.78, 5) is 6.05. The summed E-state index contributed by atoms with van der Waals surface area (Å²) in [6, 6.07) is 7.92. The quantitative estimate of drug-likeness (QED) is 0.577. The second-order valence-electron chi connectivity index (χ2n) is 5.97. The minimum Gasteiger partial charge on any atom is -0.331 e. The van der Waals surface area contributed by atoms with Crippen LogP contribution in [-0.2, 0) is 0 Å². The molecule has 1 aromatic carbocycles. The maximum atomic E-state index is 5.59. The molecule has 1 N–H and O–H groups in total. The summed E-state index contributed by atoms with van der Waals surface area (Å²) in [5.74, 6) is 0. The van der Waals surface area contributed by atoms with Crippen LogP contribution in [0.15, 0.2) is 18.2 Å². The molecule has 2 saturated heterocycles. The first-order valence-electron chi connectivity index (χ1n) is 7.36. The Morgan fingerprint density at radius 2 is 2.10 bits per heavy atom. The highest BCUT2D eigenvalue weighted by atomic mass is 127. The Morgan fingerprint density at radius 3 is 3.00 bits per heavy atom. The summed E-state index contributed by atoms with van der Waals surface area (Å²) in [5.41, 5.74) is 2.45. The van der Waals surface area contributed by atoms with Crippen LogP contribution in [0.25, 0.3) is 11.0 Å². The molecule has 4 rings (SSSR count). The predicted octanol–water partition coefficient (Wildman–Crippen LogP) is 4.10. The first kappa shape index (κ1) is 13.3. The summed E-state index contributed by atoms with van der Waals surface area (Å²) in [7, 11) is 0. The molecule has 5 heteroatoms. The van der Waals surface area contributed by atoms with Crippen LogP contribution in [0.2, 0.25) is 0 Å². The lowest BCUT2D eigenvalue weighted by molar-refractivity contribution is 0.156. The summed E-state index contributed by atoms with van der Waals surface area (Å²) in [6.07, 6.45) is 5.22. The van der Waals surface area contributed by atoms with Crippen molar-refractivity contribution in [3.63, 3.8) is 0 Å². The molecular formula is C15H18IN3S. The number of nitrogens with one attached hydrogen (secondary N) is 1. The van der Waals surface area contributed by atoms with Crippen LogP contribution in [0.5, 0.6) is 0 Å². The molecule has 2 aliphatic heterocycles. The lowest BCUT2D eigenvalue weighted by Gasteiger charge is -2.35. The second kappa shape index (κ2) is 5.10. The molecule has 0 spiro atoms. The van der Waals surface area contributed by atoms with Crippen molar-refractivity contribution in [3.05, 3.63) is 26.5 Å². The fourth-order valence-electron chi connectivity index (χ4n) is 3.90. The van der Waals surface area contributed by atoms with Gasteiger partial charge in [-0.05, 0) is 85.2 Å². The maximum absolute atomic E-state index is 5.59. The van der Waals surface area contributed by atoms with Crippen LogP contribution in [0.3, 0.4) is 0 Å². The number of H-pyrrole nitrogens is 1. The largest absolute Gasteiger partial charge is 0.331 e. The van der Waals surface area contributed by atoms with Crippen molar-refractivity contribution in [2.75, 3.05) is 13.1 Å². The zero-order valence-corrected chi connectivity index (χ0v) is 14.3. The van der Waals surface area contributed by atoms with Gasteiger partial charge in [0.15, 0.2) is 4.77 Å². The van der Waals surface area contributed by atoms with Gasteiger partial charge in [0, 0.05) is 22.2 Å². The molecule has 2 aliphatic rings. The second-order valence-corrected chi connectivity index (χ2v) is 7.60. The molecule has 0 radical (unpaired) electrons. The average Bonchev–Trinajstić information content (AvgIpc) is 3.00. The molecule has 2 unspecified atom stereocenters. The van der Waals surface area contributed by atoms with Crippen LogP contribution in [0, 0.1) is 8.34 Å². The highest BCUT2D eigenvalue weighted by Gasteiger charge is 2.33. The van der Waals surface area contributed by atoms with Gasteiger partial charge in [-0.3, -0.25) is 0 Å². The molecule has 3 heterocycles. The van der Waals surface area contributed by atoms with Gasteiger partial charge in [0.2, 0.25) is 0 Å². The summed E-state index contributed by atoms with van der Waals surface area (Å²) in [6.45, 7) is 2.53. The molecule has 106 valence electrons. The number of imidazole rings is 1. The highest BCUT2D eigenvalue weighted by Crippen LogP contribution is 2.35. The van der Waals surface area contributed by atoms with E-state index in [0.29, 0.717) is 6.04 Å². The molecule has 2 atom stereocenters. The van der Waals surface area contributed by atoms with Gasteiger partial charge in [0.1, 0.15) is 0 Å². The number of hydrogen-bond donors (Lipinski definition) is 1. The smallest absolute Gasteiger partial charge is 0.178 e. The number of aromatic nitrogens is 2. The summed E-state index contributed by atoms with van der Waals surface area (Å²) >= 11 is 7.94. The number of piperidine rings is 1. The molecule has 0 saturated carbocycles. The van der Waals surface area contributed by atoms with Crippen LogP contribution in [-0.4, -0.2) is 33.6 Å². The van der Waals surface area contributed by atoms with E-state index in [1.54, 1.807) is 0 Å². The molecule has 1 aromatic heterocycles. The van der Waals surface area contributed by atoms with E-state index >= 15 is 0 Å². The van der Waals surface area contributed by atoms with Crippen molar-refractivity contribution in [1.82, 2.24) is 14.5 Å². The van der Waals surface area contributed by atoms with Crippen molar-refractivity contribution >= 4 is 45.8 Å². The topological polar surface area (TPSA) is 24.0 Å². The van der Waals surface area contributed by atoms with E-state index in [0.717, 1.165) is 10.8 Å². The molecule has 2 aromatic rings. The van der Waals surface area contributed by atoms with Crippen LogP contribution >= 0.6 is 34.8 Å². The van der Waals surface area contributed by atoms with Gasteiger partial charge >= 0.3 is 0 Å². The van der Waals surface area contributed by atoms with Crippen molar-refractivity contribution in [2.45, 2.75) is 37.8 Å². The van der Waals surface area contributed by atoms with Gasteiger partial charge in [0.25, 0.3) is 0 Å². The average molecular weight is 399 g/mol. The normalized spacial score (nSPS) is 27.1. The van der Waals surface area contributed by atoms with E-state index in [2.05, 4.69) is 55.2 Å². The highest BCUT2D eigenvalue weighted by molar-refractivity contribution is 14.1. The Hall–Kier alpha value is -0.400. The van der Waals surface area contributed by atoms with E-state index in [1.807, 2.05) is 0 Å². The Bertz CT molecular complexity index is 705. The zero-order valence-electron chi connectivity index (χ0n) is 11.3. The SMILES string of the molecule is S=c1[nH]c2cc(I)ccc2n1C1CCN2CCCC2C1. The van der Waals surface area contributed by atoms with Gasteiger partial charge in [0.05, 0.1) is 11.0 Å². The van der Waals surface area contributed by atoms with Crippen LogP contribution in [0.4, 0.5) is 0 Å². The zero-order chi connectivity index (χ0) is 13.7. The number of hydrogen-bond acceptors (Lipinski definition) is 2. The van der Waals surface area contributed by atoms with E-state index in [4.69, 9.17) is 12.2 Å². The third kappa shape index (κ3) is 2.14. The Kier molecular flexibility index (Phi) is 3.39. The number of aromatic amines is 1. The van der Waals surface area contributed by atoms with Gasteiger partial charge in [-0.25, -0.2) is 0 Å². The summed E-state index contributed by atoms with van der Waals surface area (Å²) in [5, 5.41) is 0. The number of benzene rings is 1. The summed E-state index contributed by atoms with van der Waals surface area (Å²) < 4.78 is 4.51. The Morgan fingerprint density at radius 1 is 1.20 bits per heavy atom. The van der Waals surface area contributed by atoms with Gasteiger partial charge in [-0.2, -0.15) is 0 Å². The first-order valence-corrected chi connectivity index (χ1v) is 8.85. The number of rotatable bonds is 1. The van der Waals surface area contributed by atoms with Gasteiger partial charge in [-0.15, -0.1) is 0 Å². The minimum atomic E-state index is 0.565. The van der Waals surface area contributed by atoms with E-state index in [-0.39, 0.29) is 0 Å². The fraction of sp³-hybridized carbons (Fsp3) is 0.533. The third-order valence-electron chi connectivity index (χ3n) is 4.84. The van der Waals surface area contributed by atoms with E-state index in [1.165, 1.54) is 53.4 Å². The van der Waals surface area contributed by atoms with Crippen molar-refractivity contribution in [3.8, 4) is 0 Å². The molecule has 0 amide bonds. The first-order chi connectivity index (χ1) is 9.72. The predicted molar refractivity (Wildman–Crippen MR) is 92.7 cm³/mol. The van der Waals surface area contributed by atoms with Gasteiger partial charge < -0.3 is 14.5 Å². The Balaban J connectivity index is 1.74. The molecular weight excluding hydrogens is 381 g/mol.